The normalized spacial score (nSPS) is 11.4. The number of aryl methyl sites for hydroxylation is 2. The van der Waals surface area contributed by atoms with Gasteiger partial charge in [0.05, 0.1) is 6.04 Å². The topological polar surface area (TPSA) is 101 Å². The van der Waals surface area contributed by atoms with E-state index in [1.807, 2.05) is 48.5 Å². The van der Waals surface area contributed by atoms with Crippen LogP contribution in [0, 0.1) is 6.92 Å². The lowest BCUT2D eigenvalue weighted by Crippen LogP contribution is -2.38. The highest BCUT2D eigenvalue weighted by Gasteiger charge is 2.20. The maximum absolute atomic E-state index is 12.6. The third-order valence-electron chi connectivity index (χ3n) is 5.26. The van der Waals surface area contributed by atoms with Crippen LogP contribution in [0.2, 0.25) is 0 Å². The van der Waals surface area contributed by atoms with Crippen molar-refractivity contribution < 1.29 is 14.4 Å². The Kier molecular flexibility index (Phi) is 7.75. The number of carbonyl (C=O) groups is 3. The van der Waals surface area contributed by atoms with Crippen LogP contribution in [0.4, 0.5) is 5.69 Å². The van der Waals surface area contributed by atoms with Gasteiger partial charge in [-0.1, -0.05) is 60.7 Å². The lowest BCUT2D eigenvalue weighted by atomic mass is 9.99. The summed E-state index contributed by atoms with van der Waals surface area (Å²) < 4.78 is 0. The van der Waals surface area contributed by atoms with Gasteiger partial charge >= 0.3 is 11.8 Å². The third kappa shape index (κ3) is 6.28. The molecule has 3 rings (SSSR count). The van der Waals surface area contributed by atoms with Gasteiger partial charge in [-0.2, -0.15) is 0 Å². The van der Waals surface area contributed by atoms with Crippen LogP contribution in [-0.2, 0) is 16.0 Å². The molecule has 0 saturated carbocycles. The fraction of sp³-hybridized carbons (Fsp3) is 0.192. The second-order valence-electron chi connectivity index (χ2n) is 7.66. The van der Waals surface area contributed by atoms with E-state index in [0.717, 1.165) is 18.4 Å². The Morgan fingerprint density at radius 2 is 1.53 bits per heavy atom. The molecule has 0 spiro atoms. The molecule has 4 N–H and O–H groups in total. The molecule has 0 aromatic heterocycles. The van der Waals surface area contributed by atoms with Gasteiger partial charge in [-0.3, -0.25) is 14.4 Å². The van der Waals surface area contributed by atoms with Crippen molar-refractivity contribution in [1.82, 2.24) is 5.32 Å². The zero-order valence-electron chi connectivity index (χ0n) is 18.0. The summed E-state index contributed by atoms with van der Waals surface area (Å²) in [5, 5.41) is 5.44. The Morgan fingerprint density at radius 3 is 2.16 bits per heavy atom. The minimum Gasteiger partial charge on any atom is -0.366 e. The lowest BCUT2D eigenvalue weighted by molar-refractivity contribution is -0.136. The maximum atomic E-state index is 12.6. The van der Waals surface area contributed by atoms with Crippen LogP contribution in [0.5, 0.6) is 0 Å². The highest BCUT2D eigenvalue weighted by atomic mass is 16.2. The molecule has 0 fully saturated rings. The van der Waals surface area contributed by atoms with Crippen LogP contribution in [0.1, 0.15) is 45.9 Å². The molecule has 0 saturated heterocycles. The second kappa shape index (κ2) is 10.9. The standard InChI is InChI=1S/C26H27N3O3/c1-18-17-21(15-16-22(18)24(27)30)28-25(31)26(32)29-23(20-12-6-3-7-13-20)14-8-11-19-9-4-2-5-10-19/h2-7,9-10,12-13,15-17,23H,8,11,14H2,1H3,(H2,27,30)(H,28,31)(H,29,32). The summed E-state index contributed by atoms with van der Waals surface area (Å²) in [6.07, 6.45) is 2.45. The Bertz CT molecular complexity index is 1080. The molecule has 0 bridgehead atoms. The largest absolute Gasteiger partial charge is 0.366 e. The summed E-state index contributed by atoms with van der Waals surface area (Å²) in [7, 11) is 0. The number of carbonyl (C=O) groups excluding carboxylic acids is 3. The first-order valence-electron chi connectivity index (χ1n) is 10.5. The number of benzene rings is 3. The van der Waals surface area contributed by atoms with Crippen molar-refractivity contribution in [2.75, 3.05) is 5.32 Å². The lowest BCUT2D eigenvalue weighted by Gasteiger charge is -2.19. The van der Waals surface area contributed by atoms with Gasteiger partial charge in [0.15, 0.2) is 0 Å². The van der Waals surface area contributed by atoms with E-state index < -0.39 is 17.7 Å². The number of nitrogens with one attached hydrogen (secondary N) is 2. The van der Waals surface area contributed by atoms with Gasteiger partial charge in [-0.15, -0.1) is 0 Å². The molecule has 1 unspecified atom stereocenters. The quantitative estimate of drug-likeness (QED) is 0.473. The van der Waals surface area contributed by atoms with Crippen molar-refractivity contribution in [2.45, 2.75) is 32.2 Å². The molecule has 0 radical (unpaired) electrons. The molecule has 0 aliphatic rings. The van der Waals surface area contributed by atoms with Crippen LogP contribution in [-0.4, -0.2) is 17.7 Å². The zero-order valence-corrected chi connectivity index (χ0v) is 18.0. The fourth-order valence-corrected chi connectivity index (χ4v) is 3.59. The molecule has 0 aliphatic carbocycles. The van der Waals surface area contributed by atoms with Crippen molar-refractivity contribution in [3.8, 4) is 0 Å². The van der Waals surface area contributed by atoms with Gasteiger partial charge in [0, 0.05) is 11.3 Å². The molecule has 6 heteroatoms. The monoisotopic (exact) mass is 429 g/mol. The SMILES string of the molecule is Cc1cc(NC(=O)C(=O)NC(CCCc2ccccc2)c2ccccc2)ccc1C(N)=O. The van der Waals surface area contributed by atoms with Gasteiger partial charge in [0.2, 0.25) is 5.91 Å². The highest BCUT2D eigenvalue weighted by molar-refractivity contribution is 6.39. The Morgan fingerprint density at radius 1 is 0.875 bits per heavy atom. The minimum atomic E-state index is -0.764. The van der Waals surface area contributed by atoms with Gasteiger partial charge in [0.25, 0.3) is 0 Å². The fourth-order valence-electron chi connectivity index (χ4n) is 3.59. The van der Waals surface area contributed by atoms with E-state index in [0.29, 0.717) is 23.2 Å². The molecular formula is C26H27N3O3. The average molecular weight is 430 g/mol. The van der Waals surface area contributed by atoms with Crippen molar-refractivity contribution in [3.63, 3.8) is 0 Å². The molecule has 0 heterocycles. The summed E-state index contributed by atoms with van der Waals surface area (Å²) in [4.78, 5) is 36.5. The summed E-state index contributed by atoms with van der Waals surface area (Å²) >= 11 is 0. The van der Waals surface area contributed by atoms with Crippen LogP contribution in [0.3, 0.4) is 0 Å². The molecule has 32 heavy (non-hydrogen) atoms. The molecule has 3 amide bonds. The van der Waals surface area contributed by atoms with Gasteiger partial charge < -0.3 is 16.4 Å². The van der Waals surface area contributed by atoms with E-state index in [1.165, 1.54) is 11.6 Å². The van der Waals surface area contributed by atoms with Crippen molar-refractivity contribution >= 4 is 23.4 Å². The zero-order chi connectivity index (χ0) is 22.9. The third-order valence-corrected chi connectivity index (χ3v) is 5.26. The van der Waals surface area contributed by atoms with E-state index in [9.17, 15) is 14.4 Å². The number of anilines is 1. The molecule has 6 nitrogen and oxygen atoms in total. The molecule has 3 aromatic rings. The molecule has 164 valence electrons. The van der Waals surface area contributed by atoms with Crippen LogP contribution in [0.15, 0.2) is 78.9 Å². The van der Waals surface area contributed by atoms with E-state index in [1.54, 1.807) is 19.1 Å². The molecule has 0 aliphatic heterocycles. The maximum Gasteiger partial charge on any atom is 0.313 e. The highest BCUT2D eigenvalue weighted by Crippen LogP contribution is 2.20. The van der Waals surface area contributed by atoms with Gasteiger partial charge in [-0.05, 0) is 61.1 Å². The van der Waals surface area contributed by atoms with E-state index in [-0.39, 0.29) is 6.04 Å². The number of nitrogens with two attached hydrogens (primary N) is 1. The van der Waals surface area contributed by atoms with Crippen LogP contribution >= 0.6 is 0 Å². The first-order valence-corrected chi connectivity index (χ1v) is 10.5. The van der Waals surface area contributed by atoms with Gasteiger partial charge in [0.1, 0.15) is 0 Å². The van der Waals surface area contributed by atoms with E-state index >= 15 is 0 Å². The predicted octanol–water partition coefficient (Wildman–Crippen LogP) is 3.91. The number of primary amides is 1. The minimum absolute atomic E-state index is 0.280. The average Bonchev–Trinajstić information content (AvgIpc) is 2.79. The second-order valence-corrected chi connectivity index (χ2v) is 7.66. The number of hydrogen-bond acceptors (Lipinski definition) is 3. The van der Waals surface area contributed by atoms with Gasteiger partial charge in [-0.25, -0.2) is 0 Å². The molecular weight excluding hydrogens is 402 g/mol. The number of amides is 3. The molecule has 3 aromatic carbocycles. The summed E-state index contributed by atoms with van der Waals surface area (Å²) in [5.41, 5.74) is 8.91. The summed E-state index contributed by atoms with van der Waals surface area (Å²) in [5.74, 6) is -2.02. The van der Waals surface area contributed by atoms with Crippen molar-refractivity contribution in [3.05, 3.63) is 101 Å². The first kappa shape index (κ1) is 22.7. The smallest absolute Gasteiger partial charge is 0.313 e. The Labute approximate surface area is 187 Å². The van der Waals surface area contributed by atoms with Crippen LogP contribution < -0.4 is 16.4 Å². The summed E-state index contributed by atoms with van der Waals surface area (Å²) in [6.45, 7) is 1.72. The Hall–Kier alpha value is -3.93. The van der Waals surface area contributed by atoms with Crippen LogP contribution in [0.25, 0.3) is 0 Å². The van der Waals surface area contributed by atoms with Crippen molar-refractivity contribution in [2.24, 2.45) is 5.73 Å². The van der Waals surface area contributed by atoms with Crippen molar-refractivity contribution in [1.29, 1.82) is 0 Å². The Balaban J connectivity index is 1.64. The number of hydrogen-bond donors (Lipinski definition) is 3. The number of rotatable bonds is 8. The van der Waals surface area contributed by atoms with E-state index in [4.69, 9.17) is 5.73 Å². The first-order chi connectivity index (χ1) is 15.4. The predicted molar refractivity (Wildman–Crippen MR) is 125 cm³/mol. The van der Waals surface area contributed by atoms with E-state index in [2.05, 4.69) is 22.8 Å². The summed E-state index contributed by atoms with van der Waals surface area (Å²) in [6, 6.07) is 24.2. The molecule has 1 atom stereocenters.